The Bertz CT molecular complexity index is 317. The van der Waals surface area contributed by atoms with Crippen molar-refractivity contribution >= 4 is 16.3 Å². The van der Waals surface area contributed by atoms with Crippen molar-refractivity contribution in [3.05, 3.63) is 0 Å². The first-order chi connectivity index (χ1) is 7.32. The number of carbonyl (C=O) groups is 1. The second kappa shape index (κ2) is 6.66. The van der Waals surface area contributed by atoms with Gasteiger partial charge in [-0.05, 0) is 26.3 Å². The molecule has 8 heteroatoms. The molecule has 0 aliphatic heterocycles. The Morgan fingerprint density at radius 2 is 2.00 bits per heavy atom. The molecule has 0 spiro atoms. The summed E-state index contributed by atoms with van der Waals surface area (Å²) in [6, 6.07) is -0.364. The fourth-order valence-corrected chi connectivity index (χ4v) is 1.92. The van der Waals surface area contributed by atoms with Crippen molar-refractivity contribution in [2.75, 3.05) is 13.2 Å². The molecule has 0 heterocycles. The van der Waals surface area contributed by atoms with Crippen molar-refractivity contribution < 1.29 is 17.9 Å². The minimum atomic E-state index is -3.89. The van der Waals surface area contributed by atoms with Crippen LogP contribution in [0, 0.1) is 5.92 Å². The highest BCUT2D eigenvalue weighted by Crippen LogP contribution is 2.00. The maximum absolute atomic E-state index is 11.4. The molecule has 0 fully saturated rings. The van der Waals surface area contributed by atoms with Crippen LogP contribution in [0.5, 0.6) is 0 Å². The van der Waals surface area contributed by atoms with Crippen molar-refractivity contribution in [1.82, 2.24) is 9.44 Å². The van der Waals surface area contributed by atoms with E-state index in [9.17, 15) is 13.2 Å². The molecule has 0 saturated carbocycles. The van der Waals surface area contributed by atoms with Crippen molar-refractivity contribution in [3.63, 3.8) is 0 Å². The molecule has 0 aromatic heterocycles. The maximum Gasteiger partial charge on any atom is 0.421 e. The Morgan fingerprint density at radius 3 is 2.44 bits per heavy atom. The molecule has 0 aliphatic rings. The first-order valence-electron chi connectivity index (χ1n) is 4.99. The fourth-order valence-electron chi connectivity index (χ4n) is 0.865. The van der Waals surface area contributed by atoms with Gasteiger partial charge in [0.2, 0.25) is 0 Å². The molecule has 4 N–H and O–H groups in total. The summed E-state index contributed by atoms with van der Waals surface area (Å²) in [7, 11) is -3.89. The number of hydrogen-bond acceptors (Lipinski definition) is 5. The summed E-state index contributed by atoms with van der Waals surface area (Å²) in [5, 5.41) is 0. The highest BCUT2D eigenvalue weighted by molar-refractivity contribution is 7.88. The van der Waals surface area contributed by atoms with E-state index in [1.807, 2.05) is 0 Å². The van der Waals surface area contributed by atoms with Crippen LogP contribution in [0.2, 0.25) is 0 Å². The number of rotatable bonds is 6. The van der Waals surface area contributed by atoms with Crippen LogP contribution in [0.4, 0.5) is 4.79 Å². The number of ether oxygens (including phenoxy) is 1. The van der Waals surface area contributed by atoms with Gasteiger partial charge in [0.25, 0.3) is 0 Å². The molecule has 96 valence electrons. The third kappa shape index (κ3) is 5.89. The normalized spacial score (nSPS) is 15.2. The van der Waals surface area contributed by atoms with Crippen LogP contribution in [0.1, 0.15) is 20.8 Å². The van der Waals surface area contributed by atoms with E-state index in [1.54, 1.807) is 25.5 Å². The van der Waals surface area contributed by atoms with Gasteiger partial charge in [-0.1, -0.05) is 6.92 Å². The number of nitrogens with two attached hydrogens (primary N) is 1. The van der Waals surface area contributed by atoms with E-state index in [0.29, 0.717) is 6.54 Å². The van der Waals surface area contributed by atoms with E-state index in [0.717, 1.165) is 0 Å². The summed E-state index contributed by atoms with van der Waals surface area (Å²) in [6.07, 6.45) is -0.998. The molecule has 1 amide bonds. The van der Waals surface area contributed by atoms with Gasteiger partial charge in [0.1, 0.15) is 0 Å². The van der Waals surface area contributed by atoms with E-state index in [-0.39, 0.29) is 18.6 Å². The van der Waals surface area contributed by atoms with Crippen molar-refractivity contribution in [2.24, 2.45) is 11.7 Å². The molecular formula is C8H19N3O4S. The first kappa shape index (κ1) is 15.1. The van der Waals surface area contributed by atoms with Gasteiger partial charge in [-0.15, -0.1) is 0 Å². The summed E-state index contributed by atoms with van der Waals surface area (Å²) in [4.78, 5) is 10.9. The molecule has 2 unspecified atom stereocenters. The summed E-state index contributed by atoms with van der Waals surface area (Å²) in [5.74, 6) is -0.0289. The molecular weight excluding hydrogens is 234 g/mol. The number of amides is 1. The lowest BCUT2D eigenvalue weighted by Gasteiger charge is -2.19. The SMILES string of the molecule is CCOC(=O)NS(=O)(=O)NC(C)C(C)CN. The van der Waals surface area contributed by atoms with E-state index >= 15 is 0 Å². The molecule has 0 aromatic carbocycles. The molecule has 2 atom stereocenters. The van der Waals surface area contributed by atoms with Gasteiger partial charge >= 0.3 is 16.3 Å². The molecule has 0 aromatic rings. The van der Waals surface area contributed by atoms with Crippen molar-refractivity contribution in [2.45, 2.75) is 26.8 Å². The largest absolute Gasteiger partial charge is 0.449 e. The van der Waals surface area contributed by atoms with Crippen LogP contribution in [-0.4, -0.2) is 33.7 Å². The average Bonchev–Trinajstić information content (AvgIpc) is 2.14. The van der Waals surface area contributed by atoms with Gasteiger partial charge < -0.3 is 10.5 Å². The van der Waals surface area contributed by atoms with Crippen LogP contribution in [0.25, 0.3) is 0 Å². The summed E-state index contributed by atoms with van der Waals surface area (Å²) < 4.78 is 31.2. The van der Waals surface area contributed by atoms with Crippen LogP contribution >= 0.6 is 0 Å². The monoisotopic (exact) mass is 253 g/mol. The van der Waals surface area contributed by atoms with Gasteiger partial charge in [-0.2, -0.15) is 13.1 Å². The highest BCUT2D eigenvalue weighted by atomic mass is 32.2. The fraction of sp³-hybridized carbons (Fsp3) is 0.875. The lowest BCUT2D eigenvalue weighted by molar-refractivity contribution is 0.158. The summed E-state index contributed by atoms with van der Waals surface area (Å²) in [5.41, 5.74) is 5.39. The first-order valence-corrected chi connectivity index (χ1v) is 6.47. The summed E-state index contributed by atoms with van der Waals surface area (Å²) in [6.45, 7) is 5.51. The minimum Gasteiger partial charge on any atom is -0.449 e. The third-order valence-electron chi connectivity index (χ3n) is 2.06. The Kier molecular flexibility index (Phi) is 6.31. The zero-order valence-corrected chi connectivity index (χ0v) is 10.5. The molecule has 7 nitrogen and oxygen atoms in total. The zero-order chi connectivity index (χ0) is 12.8. The third-order valence-corrected chi connectivity index (χ3v) is 3.18. The van der Waals surface area contributed by atoms with Gasteiger partial charge in [-0.3, -0.25) is 0 Å². The Balaban J connectivity index is 4.30. The standard InChI is InChI=1S/C8H19N3O4S/c1-4-15-8(12)11-16(13,14)10-7(3)6(2)5-9/h6-7,10H,4-5,9H2,1-3H3,(H,11,12). The minimum absolute atomic E-state index is 0.0289. The maximum atomic E-state index is 11.4. The predicted octanol–water partition coefficient (Wildman–Crippen LogP) is -0.450. The van der Waals surface area contributed by atoms with Crippen molar-refractivity contribution in [1.29, 1.82) is 0 Å². The number of carbonyl (C=O) groups excluding carboxylic acids is 1. The van der Waals surface area contributed by atoms with Gasteiger partial charge in [-0.25, -0.2) is 9.52 Å². The molecule has 0 rings (SSSR count). The molecule has 0 aliphatic carbocycles. The Labute approximate surface area is 95.9 Å². The van der Waals surface area contributed by atoms with Crippen LogP contribution < -0.4 is 15.2 Å². The summed E-state index contributed by atoms with van der Waals surface area (Å²) >= 11 is 0. The second-order valence-electron chi connectivity index (χ2n) is 3.45. The lowest BCUT2D eigenvalue weighted by Crippen LogP contribution is -2.47. The predicted molar refractivity (Wildman–Crippen MR) is 59.9 cm³/mol. The van der Waals surface area contributed by atoms with Gasteiger partial charge in [0.05, 0.1) is 6.61 Å². The molecule has 0 bridgehead atoms. The Hall–Kier alpha value is -0.860. The number of hydrogen-bond donors (Lipinski definition) is 3. The van der Waals surface area contributed by atoms with Crippen LogP contribution in [-0.2, 0) is 14.9 Å². The number of nitrogens with one attached hydrogen (secondary N) is 2. The zero-order valence-electron chi connectivity index (χ0n) is 9.69. The van der Waals surface area contributed by atoms with Crippen molar-refractivity contribution in [3.8, 4) is 0 Å². The van der Waals surface area contributed by atoms with E-state index < -0.39 is 16.3 Å². The highest BCUT2D eigenvalue weighted by Gasteiger charge is 2.20. The van der Waals surface area contributed by atoms with E-state index in [1.165, 1.54) is 0 Å². The van der Waals surface area contributed by atoms with Gasteiger partial charge in [0, 0.05) is 6.04 Å². The lowest BCUT2D eigenvalue weighted by atomic mass is 10.1. The smallest absolute Gasteiger partial charge is 0.421 e. The molecule has 0 radical (unpaired) electrons. The second-order valence-corrected chi connectivity index (χ2v) is 4.89. The van der Waals surface area contributed by atoms with Gasteiger partial charge in [0.15, 0.2) is 0 Å². The molecule has 16 heavy (non-hydrogen) atoms. The Morgan fingerprint density at radius 1 is 1.44 bits per heavy atom. The van der Waals surface area contributed by atoms with E-state index in [4.69, 9.17) is 5.73 Å². The molecule has 0 saturated heterocycles. The quantitative estimate of drug-likeness (QED) is 0.594. The van der Waals surface area contributed by atoms with E-state index in [2.05, 4.69) is 9.46 Å². The topological polar surface area (TPSA) is 111 Å². The van der Waals surface area contributed by atoms with Crippen LogP contribution in [0.3, 0.4) is 0 Å². The average molecular weight is 253 g/mol. The van der Waals surface area contributed by atoms with Crippen LogP contribution in [0.15, 0.2) is 0 Å².